The van der Waals surface area contributed by atoms with Gasteiger partial charge in [-0.3, -0.25) is 4.40 Å². The lowest BCUT2D eigenvalue weighted by Crippen LogP contribution is -1.84. The van der Waals surface area contributed by atoms with Crippen molar-refractivity contribution < 1.29 is 4.74 Å². The summed E-state index contributed by atoms with van der Waals surface area (Å²) in [5, 5.41) is 8.96. The summed E-state index contributed by atoms with van der Waals surface area (Å²) in [7, 11) is 1.64. The first-order valence-corrected chi connectivity index (χ1v) is 8.75. The maximum atomic E-state index is 5.26. The minimum Gasteiger partial charge on any atom is -0.497 e. The predicted molar refractivity (Wildman–Crippen MR) is 107 cm³/mol. The number of imidazole rings is 1. The van der Waals surface area contributed by atoms with Crippen LogP contribution in [0.25, 0.3) is 16.9 Å². The summed E-state index contributed by atoms with van der Waals surface area (Å²) < 4.78 is 7.22. The van der Waals surface area contributed by atoms with Crippen LogP contribution in [0.1, 0.15) is 11.1 Å². The minimum atomic E-state index is 0.705. The van der Waals surface area contributed by atoms with Gasteiger partial charge in [-0.25, -0.2) is 4.98 Å². The quantitative estimate of drug-likeness (QED) is 0.418. The summed E-state index contributed by atoms with van der Waals surface area (Å²) in [5.41, 5.74) is 5.77. The molecule has 2 heterocycles. The van der Waals surface area contributed by atoms with E-state index in [0.717, 1.165) is 33.9 Å². The average molecular weight is 356 g/mol. The third kappa shape index (κ3) is 3.44. The Labute approximate surface area is 158 Å². The van der Waals surface area contributed by atoms with Crippen molar-refractivity contribution in [2.45, 2.75) is 13.8 Å². The topological polar surface area (TPSA) is 51.2 Å². The molecule has 5 heteroatoms. The second-order valence-electron chi connectivity index (χ2n) is 6.48. The molecule has 0 amide bonds. The van der Waals surface area contributed by atoms with Crippen molar-refractivity contribution in [1.29, 1.82) is 0 Å². The van der Waals surface area contributed by atoms with Crippen LogP contribution in [-0.4, -0.2) is 16.5 Å². The van der Waals surface area contributed by atoms with Crippen molar-refractivity contribution in [3.63, 3.8) is 0 Å². The number of aromatic nitrogens is 2. The lowest BCUT2D eigenvalue weighted by atomic mass is 10.1. The third-order valence-corrected chi connectivity index (χ3v) is 4.39. The number of hydrogen-bond acceptors (Lipinski definition) is 4. The molecule has 0 N–H and O–H groups in total. The zero-order chi connectivity index (χ0) is 18.8. The monoisotopic (exact) mass is 356 g/mol. The molecule has 5 nitrogen and oxygen atoms in total. The molecule has 4 aromatic rings. The summed E-state index contributed by atoms with van der Waals surface area (Å²) in [4.78, 5) is 4.80. The number of methoxy groups -OCH3 is 1. The Balaban J connectivity index is 1.85. The van der Waals surface area contributed by atoms with Crippen LogP contribution in [0.2, 0.25) is 0 Å². The highest BCUT2D eigenvalue weighted by atomic mass is 16.5. The molecular formula is C22H20N4O. The number of ether oxygens (including phenoxy) is 1. The Kier molecular flexibility index (Phi) is 4.42. The number of hydrogen-bond donors (Lipinski definition) is 0. The zero-order valence-electron chi connectivity index (χ0n) is 15.5. The zero-order valence-corrected chi connectivity index (χ0v) is 15.5. The number of nitrogens with zero attached hydrogens (tertiary/aromatic N) is 4. The maximum absolute atomic E-state index is 5.26. The van der Waals surface area contributed by atoms with Crippen LogP contribution in [0.4, 0.5) is 11.5 Å². The number of aryl methyl sites for hydroxylation is 2. The molecule has 0 aliphatic heterocycles. The Morgan fingerprint density at radius 2 is 1.70 bits per heavy atom. The molecule has 0 saturated carbocycles. The highest BCUT2D eigenvalue weighted by Crippen LogP contribution is 2.33. The maximum Gasteiger partial charge on any atom is 0.187 e. The van der Waals surface area contributed by atoms with Gasteiger partial charge in [0.2, 0.25) is 0 Å². The van der Waals surface area contributed by atoms with Gasteiger partial charge in [-0.15, -0.1) is 10.2 Å². The van der Waals surface area contributed by atoms with Crippen LogP contribution in [0.15, 0.2) is 77.1 Å². The fourth-order valence-corrected chi connectivity index (χ4v) is 2.91. The van der Waals surface area contributed by atoms with Crippen molar-refractivity contribution >= 4 is 17.2 Å². The first-order chi connectivity index (χ1) is 13.1. The number of fused-ring (bicyclic) bond motifs is 1. The van der Waals surface area contributed by atoms with Crippen molar-refractivity contribution in [3.8, 4) is 17.0 Å². The number of benzene rings is 2. The SMILES string of the molecule is COc1cccc(N=Nc2c(-c3ccc(C)cc3)nc3cc(C)ccn23)c1. The molecule has 0 fully saturated rings. The lowest BCUT2D eigenvalue weighted by molar-refractivity contribution is 0.415. The van der Waals surface area contributed by atoms with Gasteiger partial charge in [0.1, 0.15) is 17.1 Å². The third-order valence-electron chi connectivity index (χ3n) is 4.39. The van der Waals surface area contributed by atoms with Crippen LogP contribution in [-0.2, 0) is 0 Å². The summed E-state index contributed by atoms with van der Waals surface area (Å²) in [6, 6.07) is 19.9. The molecule has 27 heavy (non-hydrogen) atoms. The molecule has 0 aliphatic carbocycles. The van der Waals surface area contributed by atoms with E-state index in [9.17, 15) is 0 Å². The molecule has 134 valence electrons. The number of pyridine rings is 1. The van der Waals surface area contributed by atoms with E-state index >= 15 is 0 Å². The van der Waals surface area contributed by atoms with Crippen LogP contribution in [0.3, 0.4) is 0 Å². The minimum absolute atomic E-state index is 0.705. The van der Waals surface area contributed by atoms with Gasteiger partial charge < -0.3 is 4.74 Å². The molecule has 0 unspecified atom stereocenters. The van der Waals surface area contributed by atoms with Gasteiger partial charge >= 0.3 is 0 Å². The first-order valence-electron chi connectivity index (χ1n) is 8.75. The van der Waals surface area contributed by atoms with Crippen LogP contribution in [0.5, 0.6) is 5.75 Å². The van der Waals surface area contributed by atoms with Gasteiger partial charge in [0.15, 0.2) is 5.82 Å². The van der Waals surface area contributed by atoms with Crippen molar-refractivity contribution in [2.75, 3.05) is 7.11 Å². The highest BCUT2D eigenvalue weighted by Gasteiger charge is 2.14. The lowest BCUT2D eigenvalue weighted by Gasteiger charge is -2.02. The first kappa shape index (κ1) is 17.0. The van der Waals surface area contributed by atoms with E-state index in [1.165, 1.54) is 5.56 Å². The largest absolute Gasteiger partial charge is 0.497 e. The van der Waals surface area contributed by atoms with Gasteiger partial charge in [0.25, 0.3) is 0 Å². The molecule has 0 radical (unpaired) electrons. The Bertz CT molecular complexity index is 1130. The molecule has 2 aromatic carbocycles. The van der Waals surface area contributed by atoms with Crippen molar-refractivity contribution in [3.05, 3.63) is 78.0 Å². The molecule has 0 saturated heterocycles. The number of rotatable bonds is 4. The van der Waals surface area contributed by atoms with E-state index < -0.39 is 0 Å². The fraction of sp³-hybridized carbons (Fsp3) is 0.136. The fourth-order valence-electron chi connectivity index (χ4n) is 2.91. The summed E-state index contributed by atoms with van der Waals surface area (Å²) in [6.07, 6.45) is 1.98. The normalized spacial score (nSPS) is 11.4. The van der Waals surface area contributed by atoms with Gasteiger partial charge in [-0.2, -0.15) is 0 Å². The van der Waals surface area contributed by atoms with Gasteiger partial charge in [-0.05, 0) is 43.7 Å². The van der Waals surface area contributed by atoms with E-state index in [4.69, 9.17) is 9.72 Å². The molecule has 2 aromatic heterocycles. The Morgan fingerprint density at radius 3 is 2.48 bits per heavy atom. The van der Waals surface area contributed by atoms with Gasteiger partial charge in [-0.1, -0.05) is 35.9 Å². The van der Waals surface area contributed by atoms with E-state index in [2.05, 4.69) is 48.3 Å². The van der Waals surface area contributed by atoms with Gasteiger partial charge in [0.05, 0.1) is 12.8 Å². The number of azo groups is 1. The summed E-state index contributed by atoms with van der Waals surface area (Å²) in [5.74, 6) is 1.45. The van der Waals surface area contributed by atoms with Gasteiger partial charge in [0, 0.05) is 17.8 Å². The summed E-state index contributed by atoms with van der Waals surface area (Å²) >= 11 is 0. The highest BCUT2D eigenvalue weighted by molar-refractivity contribution is 5.74. The standard InChI is InChI=1S/C22H20N4O/c1-15-7-9-17(10-8-15)21-22(26-12-11-16(2)13-20(26)23-21)25-24-18-5-4-6-19(14-18)27-3/h4-14H,1-3H3. The Morgan fingerprint density at radius 1 is 0.889 bits per heavy atom. The molecule has 0 aliphatic rings. The van der Waals surface area contributed by atoms with Crippen LogP contribution >= 0.6 is 0 Å². The van der Waals surface area contributed by atoms with E-state index in [0.29, 0.717) is 5.82 Å². The molecule has 0 spiro atoms. The predicted octanol–water partition coefficient (Wildman–Crippen LogP) is 6.04. The molecule has 0 atom stereocenters. The average Bonchev–Trinajstić information content (AvgIpc) is 3.04. The summed E-state index contributed by atoms with van der Waals surface area (Å²) in [6.45, 7) is 4.12. The molecular weight excluding hydrogens is 336 g/mol. The van der Waals surface area contributed by atoms with E-state index in [-0.39, 0.29) is 0 Å². The van der Waals surface area contributed by atoms with Crippen molar-refractivity contribution in [2.24, 2.45) is 10.2 Å². The second-order valence-corrected chi connectivity index (χ2v) is 6.48. The van der Waals surface area contributed by atoms with E-state index in [1.54, 1.807) is 7.11 Å². The Hall–Kier alpha value is -3.47. The van der Waals surface area contributed by atoms with Crippen LogP contribution < -0.4 is 4.74 Å². The van der Waals surface area contributed by atoms with Crippen LogP contribution in [0, 0.1) is 13.8 Å². The molecule has 4 rings (SSSR count). The second kappa shape index (κ2) is 7.03. The molecule has 0 bridgehead atoms. The smallest absolute Gasteiger partial charge is 0.187 e. The van der Waals surface area contributed by atoms with E-state index in [1.807, 2.05) is 47.0 Å². The van der Waals surface area contributed by atoms with Crippen molar-refractivity contribution in [1.82, 2.24) is 9.38 Å².